The van der Waals surface area contributed by atoms with E-state index in [-0.39, 0.29) is 23.4 Å². The van der Waals surface area contributed by atoms with Crippen LogP contribution in [-0.4, -0.2) is 26.0 Å². The van der Waals surface area contributed by atoms with E-state index in [9.17, 15) is 12.8 Å². The molecule has 1 heterocycles. The summed E-state index contributed by atoms with van der Waals surface area (Å²) in [6, 6.07) is 6.15. The van der Waals surface area contributed by atoms with Crippen molar-refractivity contribution in [2.24, 2.45) is 0 Å². The van der Waals surface area contributed by atoms with Gasteiger partial charge in [-0.1, -0.05) is 12.1 Å². The number of anilines is 1. The number of nitrogens with one attached hydrogen (secondary N) is 1. The quantitative estimate of drug-likeness (QED) is 0.861. The van der Waals surface area contributed by atoms with Crippen LogP contribution in [0.15, 0.2) is 24.3 Å². The Morgan fingerprint density at radius 2 is 2.06 bits per heavy atom. The van der Waals surface area contributed by atoms with Gasteiger partial charge in [0.2, 0.25) is 0 Å². The predicted octanol–water partition coefficient (Wildman–Crippen LogP) is 1.81. The Bertz CT molecular complexity index is 473. The van der Waals surface area contributed by atoms with Gasteiger partial charge in [-0.3, -0.25) is 0 Å². The van der Waals surface area contributed by atoms with Gasteiger partial charge in [0, 0.05) is 6.04 Å². The zero-order valence-electron chi connectivity index (χ0n) is 8.82. The molecular weight excluding hydrogens is 229 g/mol. The standard InChI is InChI=1S/C11H14FNO2S/c12-10-5-1-2-6-11(10)13-9-4-3-7-16(14,15)8-9/h1-2,5-6,9,13H,3-4,7-8H2. The molecule has 0 saturated carbocycles. The average Bonchev–Trinajstić information content (AvgIpc) is 2.20. The maximum Gasteiger partial charge on any atom is 0.152 e. The molecule has 0 radical (unpaired) electrons. The lowest BCUT2D eigenvalue weighted by Gasteiger charge is -2.24. The molecule has 1 fully saturated rings. The van der Waals surface area contributed by atoms with Gasteiger partial charge in [-0.15, -0.1) is 0 Å². The zero-order valence-corrected chi connectivity index (χ0v) is 9.63. The van der Waals surface area contributed by atoms with Crippen molar-refractivity contribution in [3.05, 3.63) is 30.1 Å². The third-order valence-corrected chi connectivity index (χ3v) is 4.52. The molecule has 0 aromatic heterocycles. The highest BCUT2D eigenvalue weighted by atomic mass is 32.2. The van der Waals surface area contributed by atoms with Gasteiger partial charge in [-0.05, 0) is 25.0 Å². The number of benzene rings is 1. The molecule has 0 spiro atoms. The Labute approximate surface area is 94.6 Å². The molecule has 3 nitrogen and oxygen atoms in total. The van der Waals surface area contributed by atoms with Crippen molar-refractivity contribution >= 4 is 15.5 Å². The molecule has 2 rings (SSSR count). The topological polar surface area (TPSA) is 46.2 Å². The fourth-order valence-electron chi connectivity index (χ4n) is 1.93. The van der Waals surface area contributed by atoms with E-state index in [1.807, 2.05) is 0 Å². The minimum atomic E-state index is -2.95. The van der Waals surface area contributed by atoms with Crippen LogP contribution in [0.5, 0.6) is 0 Å². The van der Waals surface area contributed by atoms with E-state index >= 15 is 0 Å². The minimum absolute atomic E-state index is 0.0985. The Balaban J connectivity index is 2.08. The van der Waals surface area contributed by atoms with Crippen LogP contribution in [0.25, 0.3) is 0 Å². The first-order valence-corrected chi connectivity index (χ1v) is 7.10. The van der Waals surface area contributed by atoms with Crippen LogP contribution in [0.1, 0.15) is 12.8 Å². The van der Waals surface area contributed by atoms with E-state index in [4.69, 9.17) is 0 Å². The summed E-state index contributed by atoms with van der Waals surface area (Å²) in [5, 5.41) is 2.95. The highest BCUT2D eigenvalue weighted by Gasteiger charge is 2.24. The first-order valence-electron chi connectivity index (χ1n) is 5.28. The third kappa shape index (κ3) is 2.72. The highest BCUT2D eigenvalue weighted by Crippen LogP contribution is 2.19. The Morgan fingerprint density at radius 1 is 1.31 bits per heavy atom. The second-order valence-electron chi connectivity index (χ2n) is 4.08. The summed E-state index contributed by atoms with van der Waals surface area (Å²) in [6.07, 6.45) is 1.42. The lowest BCUT2D eigenvalue weighted by molar-refractivity contribution is 0.559. The predicted molar refractivity (Wildman–Crippen MR) is 61.7 cm³/mol. The molecule has 1 saturated heterocycles. The van der Waals surface area contributed by atoms with E-state index in [1.54, 1.807) is 18.2 Å². The lowest BCUT2D eigenvalue weighted by atomic mass is 10.1. The maximum atomic E-state index is 13.3. The number of para-hydroxylation sites is 1. The molecule has 0 aliphatic carbocycles. The summed E-state index contributed by atoms with van der Waals surface area (Å²) in [4.78, 5) is 0. The van der Waals surface area contributed by atoms with Crippen molar-refractivity contribution in [2.75, 3.05) is 16.8 Å². The van der Waals surface area contributed by atoms with Gasteiger partial charge in [0.25, 0.3) is 0 Å². The van der Waals surface area contributed by atoms with Gasteiger partial charge >= 0.3 is 0 Å². The molecule has 5 heteroatoms. The molecule has 1 atom stereocenters. The summed E-state index contributed by atoms with van der Waals surface area (Å²) in [7, 11) is -2.95. The number of hydrogen-bond acceptors (Lipinski definition) is 3. The highest BCUT2D eigenvalue weighted by molar-refractivity contribution is 7.91. The first-order chi connectivity index (χ1) is 7.57. The van der Waals surface area contributed by atoms with Crippen molar-refractivity contribution in [3.63, 3.8) is 0 Å². The van der Waals surface area contributed by atoms with Gasteiger partial charge in [0.1, 0.15) is 5.82 Å². The van der Waals surface area contributed by atoms with Crippen molar-refractivity contribution in [1.29, 1.82) is 0 Å². The second-order valence-corrected chi connectivity index (χ2v) is 6.31. The molecule has 1 aliphatic rings. The van der Waals surface area contributed by atoms with Crippen LogP contribution in [-0.2, 0) is 9.84 Å². The molecule has 1 N–H and O–H groups in total. The molecular formula is C11H14FNO2S. The SMILES string of the molecule is O=S1(=O)CCCC(Nc2ccccc2F)C1. The fourth-order valence-corrected chi connectivity index (χ4v) is 3.57. The number of halogens is 1. The summed E-state index contributed by atoms with van der Waals surface area (Å²) in [5.41, 5.74) is 0.379. The van der Waals surface area contributed by atoms with Crippen LogP contribution in [0.3, 0.4) is 0 Å². The number of sulfone groups is 1. The normalized spacial score (nSPS) is 23.9. The van der Waals surface area contributed by atoms with Gasteiger partial charge in [0.05, 0.1) is 17.2 Å². The number of rotatable bonds is 2. The van der Waals surface area contributed by atoms with E-state index in [1.165, 1.54) is 6.07 Å². The summed E-state index contributed by atoms with van der Waals surface area (Å²) >= 11 is 0. The summed E-state index contributed by atoms with van der Waals surface area (Å²) in [5.74, 6) is 0.00882. The smallest absolute Gasteiger partial charge is 0.152 e. The van der Waals surface area contributed by atoms with Crippen LogP contribution < -0.4 is 5.32 Å². The molecule has 16 heavy (non-hydrogen) atoms. The Kier molecular flexibility index (Phi) is 3.14. The van der Waals surface area contributed by atoms with E-state index in [0.717, 1.165) is 6.42 Å². The van der Waals surface area contributed by atoms with Gasteiger partial charge in [0.15, 0.2) is 9.84 Å². The van der Waals surface area contributed by atoms with E-state index in [2.05, 4.69) is 5.32 Å². The Morgan fingerprint density at radius 3 is 2.75 bits per heavy atom. The van der Waals surface area contributed by atoms with Crippen molar-refractivity contribution in [2.45, 2.75) is 18.9 Å². The van der Waals surface area contributed by atoms with Gasteiger partial charge in [-0.2, -0.15) is 0 Å². The molecule has 1 aromatic carbocycles. The third-order valence-electron chi connectivity index (χ3n) is 2.70. The maximum absolute atomic E-state index is 13.3. The average molecular weight is 243 g/mol. The van der Waals surface area contributed by atoms with Gasteiger partial charge in [-0.25, -0.2) is 12.8 Å². The monoisotopic (exact) mass is 243 g/mol. The fraction of sp³-hybridized carbons (Fsp3) is 0.455. The van der Waals surface area contributed by atoms with Crippen LogP contribution in [0.4, 0.5) is 10.1 Å². The van der Waals surface area contributed by atoms with Crippen molar-refractivity contribution in [1.82, 2.24) is 0 Å². The first kappa shape index (κ1) is 11.4. The molecule has 0 bridgehead atoms. The van der Waals surface area contributed by atoms with Crippen LogP contribution >= 0.6 is 0 Å². The van der Waals surface area contributed by atoms with Crippen LogP contribution in [0.2, 0.25) is 0 Å². The molecule has 1 aromatic rings. The van der Waals surface area contributed by atoms with Crippen molar-refractivity contribution in [3.8, 4) is 0 Å². The zero-order chi connectivity index (χ0) is 11.6. The molecule has 88 valence electrons. The second kappa shape index (κ2) is 4.41. The van der Waals surface area contributed by atoms with E-state index < -0.39 is 9.84 Å². The summed E-state index contributed by atoms with van der Waals surface area (Å²) < 4.78 is 36.1. The van der Waals surface area contributed by atoms with Gasteiger partial charge < -0.3 is 5.32 Å². The van der Waals surface area contributed by atoms with Crippen LogP contribution in [0, 0.1) is 5.82 Å². The van der Waals surface area contributed by atoms with E-state index in [0.29, 0.717) is 12.1 Å². The summed E-state index contributed by atoms with van der Waals surface area (Å²) in [6.45, 7) is 0. The lowest BCUT2D eigenvalue weighted by Crippen LogP contribution is -2.35. The van der Waals surface area contributed by atoms with Crippen molar-refractivity contribution < 1.29 is 12.8 Å². The Hall–Kier alpha value is -1.10. The molecule has 0 amide bonds. The molecule has 1 aliphatic heterocycles. The largest absolute Gasteiger partial charge is 0.379 e. The number of hydrogen-bond donors (Lipinski definition) is 1. The molecule has 1 unspecified atom stereocenters. The minimum Gasteiger partial charge on any atom is -0.379 e.